The predicted octanol–water partition coefficient (Wildman–Crippen LogP) is 2.24. The zero-order chi connectivity index (χ0) is 12.8. The number of carbonyl (C=O) groups excluding carboxylic acids is 1. The number of hydrogen-bond donors (Lipinski definition) is 0. The Labute approximate surface area is 96.9 Å². The molecule has 0 unspecified atom stereocenters. The van der Waals surface area contributed by atoms with Crippen molar-refractivity contribution in [3.8, 4) is 0 Å². The Hall–Kier alpha value is -0.640. The van der Waals surface area contributed by atoms with Crippen molar-refractivity contribution in [3.05, 3.63) is 11.5 Å². The van der Waals surface area contributed by atoms with Crippen molar-refractivity contribution in [1.29, 1.82) is 0 Å². The van der Waals surface area contributed by atoms with Gasteiger partial charge in [-0.05, 0) is 20.8 Å². The minimum atomic E-state index is -3.47. The zero-order valence-corrected chi connectivity index (χ0v) is 11.4. The van der Waals surface area contributed by atoms with E-state index >= 15 is 0 Å². The van der Waals surface area contributed by atoms with E-state index in [9.17, 15) is 9.36 Å². The van der Waals surface area contributed by atoms with Crippen molar-refractivity contribution < 1.29 is 18.4 Å². The SMILES string of the molecule is CCOP(=O)(OCC)/C(=C/N(C)C)C(C)=O. The third-order valence-electron chi connectivity index (χ3n) is 1.63. The zero-order valence-electron chi connectivity index (χ0n) is 10.5. The molecule has 6 heteroatoms. The summed E-state index contributed by atoms with van der Waals surface area (Å²) in [7, 11) is 0.0129. The number of Topliss-reactive ketones (excluding diaryl/α,β-unsaturated/α-hetero) is 1. The van der Waals surface area contributed by atoms with Crippen LogP contribution >= 0.6 is 7.60 Å². The van der Waals surface area contributed by atoms with E-state index in [-0.39, 0.29) is 24.3 Å². The van der Waals surface area contributed by atoms with Gasteiger partial charge in [0.1, 0.15) is 5.31 Å². The highest BCUT2D eigenvalue weighted by atomic mass is 31.2. The molecule has 0 heterocycles. The van der Waals surface area contributed by atoms with Gasteiger partial charge in [0.25, 0.3) is 0 Å². The molecule has 5 nitrogen and oxygen atoms in total. The lowest BCUT2D eigenvalue weighted by atomic mass is 10.4. The third-order valence-corrected chi connectivity index (χ3v) is 3.85. The fraction of sp³-hybridized carbons (Fsp3) is 0.700. The largest absolute Gasteiger partial charge is 0.383 e. The molecule has 0 rings (SSSR count). The van der Waals surface area contributed by atoms with Crippen molar-refractivity contribution >= 4 is 13.4 Å². The minimum absolute atomic E-state index is 0.0844. The lowest BCUT2D eigenvalue weighted by molar-refractivity contribution is -0.113. The molecule has 0 bridgehead atoms. The Kier molecular flexibility index (Phi) is 6.56. The van der Waals surface area contributed by atoms with E-state index in [0.29, 0.717) is 0 Å². The Bertz CT molecular complexity index is 302. The molecular formula is C10H20NO4P. The Balaban J connectivity index is 5.27. The summed E-state index contributed by atoms with van der Waals surface area (Å²) in [4.78, 5) is 13.1. The average Bonchev–Trinajstić information content (AvgIpc) is 2.14. The van der Waals surface area contributed by atoms with Crippen molar-refractivity contribution in [1.82, 2.24) is 4.90 Å². The second-order valence-electron chi connectivity index (χ2n) is 3.37. The van der Waals surface area contributed by atoms with Gasteiger partial charge in [-0.3, -0.25) is 9.36 Å². The lowest BCUT2D eigenvalue weighted by Crippen LogP contribution is -2.10. The maximum absolute atomic E-state index is 12.3. The summed E-state index contributed by atoms with van der Waals surface area (Å²) in [6, 6.07) is 0. The van der Waals surface area contributed by atoms with Crippen molar-refractivity contribution in [2.75, 3.05) is 27.3 Å². The fourth-order valence-corrected chi connectivity index (χ4v) is 2.91. The van der Waals surface area contributed by atoms with Gasteiger partial charge in [0.05, 0.1) is 13.2 Å². The first-order valence-corrected chi connectivity index (χ1v) is 6.70. The molecule has 0 atom stereocenters. The van der Waals surface area contributed by atoms with Gasteiger partial charge >= 0.3 is 7.60 Å². The predicted molar refractivity (Wildman–Crippen MR) is 63.3 cm³/mol. The molecule has 0 spiro atoms. The topological polar surface area (TPSA) is 55.8 Å². The number of carbonyl (C=O) groups is 1. The first kappa shape index (κ1) is 15.4. The number of ketones is 1. The standard InChI is InChI=1S/C10H20NO4P/c1-6-14-16(13,15-7-2)10(9(3)12)8-11(4)5/h8H,6-7H2,1-5H3/b10-8+. The molecule has 16 heavy (non-hydrogen) atoms. The highest BCUT2D eigenvalue weighted by Crippen LogP contribution is 2.56. The summed E-state index contributed by atoms with van der Waals surface area (Å²) < 4.78 is 22.6. The highest BCUT2D eigenvalue weighted by Gasteiger charge is 2.32. The fourth-order valence-electron chi connectivity index (χ4n) is 1.12. The molecule has 0 aromatic heterocycles. The van der Waals surface area contributed by atoms with E-state index in [4.69, 9.17) is 9.05 Å². The van der Waals surface area contributed by atoms with E-state index < -0.39 is 7.60 Å². The minimum Gasteiger partial charge on any atom is -0.383 e. The monoisotopic (exact) mass is 249 g/mol. The van der Waals surface area contributed by atoms with Gasteiger partial charge in [0, 0.05) is 20.3 Å². The van der Waals surface area contributed by atoms with Gasteiger partial charge < -0.3 is 13.9 Å². The molecule has 0 aliphatic heterocycles. The summed E-state index contributed by atoms with van der Waals surface area (Å²) in [5, 5.41) is 0.0844. The van der Waals surface area contributed by atoms with Crippen LogP contribution in [0.3, 0.4) is 0 Å². The van der Waals surface area contributed by atoms with Crippen LogP contribution in [0.25, 0.3) is 0 Å². The molecule has 0 N–H and O–H groups in total. The first-order valence-electron chi connectivity index (χ1n) is 5.16. The second-order valence-corrected chi connectivity index (χ2v) is 5.36. The van der Waals surface area contributed by atoms with Gasteiger partial charge in [-0.1, -0.05) is 0 Å². The summed E-state index contributed by atoms with van der Waals surface area (Å²) >= 11 is 0. The van der Waals surface area contributed by atoms with Crippen LogP contribution in [-0.4, -0.2) is 38.0 Å². The Morgan fingerprint density at radius 2 is 1.69 bits per heavy atom. The number of allylic oxidation sites excluding steroid dienone is 1. The van der Waals surface area contributed by atoms with E-state index in [1.54, 1.807) is 32.8 Å². The van der Waals surface area contributed by atoms with Crippen LogP contribution in [-0.2, 0) is 18.4 Å². The molecule has 0 aromatic rings. The molecular weight excluding hydrogens is 229 g/mol. The van der Waals surface area contributed by atoms with Crippen molar-refractivity contribution in [2.24, 2.45) is 0 Å². The number of nitrogens with zero attached hydrogens (tertiary/aromatic N) is 1. The highest BCUT2D eigenvalue weighted by molar-refractivity contribution is 7.60. The smallest absolute Gasteiger partial charge is 0.366 e. The molecule has 0 aromatic carbocycles. The molecule has 0 fully saturated rings. The van der Waals surface area contributed by atoms with Gasteiger partial charge in [-0.2, -0.15) is 0 Å². The summed E-state index contributed by atoms with van der Waals surface area (Å²) in [6.07, 6.45) is 1.48. The van der Waals surface area contributed by atoms with Crippen molar-refractivity contribution in [3.63, 3.8) is 0 Å². The summed E-state index contributed by atoms with van der Waals surface area (Å²) in [6.45, 7) is 5.23. The van der Waals surface area contributed by atoms with E-state index in [2.05, 4.69) is 0 Å². The van der Waals surface area contributed by atoms with Crippen LogP contribution in [0, 0.1) is 0 Å². The number of rotatable bonds is 7. The van der Waals surface area contributed by atoms with Gasteiger partial charge in [-0.15, -0.1) is 0 Å². The van der Waals surface area contributed by atoms with Crippen LogP contribution in [0.1, 0.15) is 20.8 Å². The lowest BCUT2D eigenvalue weighted by Gasteiger charge is -2.19. The average molecular weight is 249 g/mol. The third kappa shape index (κ3) is 4.47. The Morgan fingerprint density at radius 3 is 1.94 bits per heavy atom. The summed E-state index contributed by atoms with van der Waals surface area (Å²) in [5.41, 5.74) is 0. The van der Waals surface area contributed by atoms with Crippen LogP contribution < -0.4 is 0 Å². The maximum Gasteiger partial charge on any atom is 0.366 e. The molecule has 0 saturated heterocycles. The van der Waals surface area contributed by atoms with Crippen LogP contribution in [0.5, 0.6) is 0 Å². The van der Waals surface area contributed by atoms with Gasteiger partial charge in [0.15, 0.2) is 5.78 Å². The number of hydrogen-bond acceptors (Lipinski definition) is 5. The van der Waals surface area contributed by atoms with E-state index in [0.717, 1.165) is 0 Å². The molecule has 94 valence electrons. The molecule has 0 aliphatic carbocycles. The van der Waals surface area contributed by atoms with Gasteiger partial charge in [-0.25, -0.2) is 0 Å². The van der Waals surface area contributed by atoms with E-state index in [1.165, 1.54) is 13.1 Å². The normalized spacial score (nSPS) is 12.7. The molecule has 0 amide bonds. The maximum atomic E-state index is 12.3. The quantitative estimate of drug-likeness (QED) is 0.511. The Morgan fingerprint density at radius 1 is 1.25 bits per heavy atom. The first-order chi connectivity index (χ1) is 7.37. The molecule has 0 saturated carbocycles. The van der Waals surface area contributed by atoms with Crippen LogP contribution in [0.15, 0.2) is 11.5 Å². The molecule has 0 aliphatic rings. The van der Waals surface area contributed by atoms with Crippen LogP contribution in [0.2, 0.25) is 0 Å². The summed E-state index contributed by atoms with van der Waals surface area (Å²) in [5.74, 6) is -0.307. The van der Waals surface area contributed by atoms with Crippen molar-refractivity contribution in [2.45, 2.75) is 20.8 Å². The van der Waals surface area contributed by atoms with Gasteiger partial charge in [0.2, 0.25) is 0 Å². The second kappa shape index (κ2) is 6.84. The van der Waals surface area contributed by atoms with E-state index in [1.807, 2.05) is 0 Å². The van der Waals surface area contributed by atoms with Crippen LogP contribution in [0.4, 0.5) is 0 Å². The molecule has 0 radical (unpaired) electrons.